The second-order valence-corrected chi connectivity index (χ2v) is 7.09. The highest BCUT2D eigenvalue weighted by atomic mass is 79.9. The molecule has 8 heteroatoms. The summed E-state index contributed by atoms with van der Waals surface area (Å²) in [6.07, 6.45) is 2.87. The third kappa shape index (κ3) is 3.71. The molecule has 0 unspecified atom stereocenters. The number of nitrogens with zero attached hydrogens (tertiary/aromatic N) is 2. The van der Waals surface area contributed by atoms with E-state index in [2.05, 4.69) is 29.4 Å². The maximum atomic E-state index is 12.2. The van der Waals surface area contributed by atoms with Crippen LogP contribution < -0.4 is 4.72 Å². The molecule has 1 aromatic carbocycles. The number of halogens is 1. The van der Waals surface area contributed by atoms with Crippen molar-refractivity contribution in [3.63, 3.8) is 0 Å². The van der Waals surface area contributed by atoms with Gasteiger partial charge in [-0.2, -0.15) is 8.73 Å². The van der Waals surface area contributed by atoms with Gasteiger partial charge in [-0.3, -0.25) is 0 Å². The van der Waals surface area contributed by atoms with E-state index in [9.17, 15) is 8.42 Å². The fourth-order valence-electron chi connectivity index (χ4n) is 1.68. The van der Waals surface area contributed by atoms with Gasteiger partial charge in [-0.25, -0.2) is 13.1 Å². The molecule has 0 spiro atoms. The number of hydrogen-bond acceptors (Lipinski definition) is 4. The summed E-state index contributed by atoms with van der Waals surface area (Å²) in [5, 5.41) is 0.948. The summed E-state index contributed by atoms with van der Waals surface area (Å²) in [4.78, 5) is 0.208. The molecule has 1 aliphatic heterocycles. The van der Waals surface area contributed by atoms with Gasteiger partial charge in [0, 0.05) is 11.9 Å². The Labute approximate surface area is 124 Å². The zero-order chi connectivity index (χ0) is 13.7. The third-order valence-corrected chi connectivity index (χ3v) is 5.24. The summed E-state index contributed by atoms with van der Waals surface area (Å²) < 4.78 is 35.1. The minimum atomic E-state index is -3.50. The van der Waals surface area contributed by atoms with Gasteiger partial charge in [0.2, 0.25) is 10.0 Å². The van der Waals surface area contributed by atoms with E-state index in [1.165, 1.54) is 0 Å². The first-order valence-electron chi connectivity index (χ1n) is 5.92. The third-order valence-electron chi connectivity index (χ3n) is 2.64. The molecule has 2 rings (SSSR count). The summed E-state index contributed by atoms with van der Waals surface area (Å²) in [5.74, 6) is 0. The normalized spacial score (nSPS) is 13.3. The lowest BCUT2D eigenvalue weighted by Crippen LogP contribution is -2.24. The number of unbranched alkanes of at least 4 members (excludes halogenated alkanes) is 2. The van der Waals surface area contributed by atoms with Crippen LogP contribution in [0.5, 0.6) is 0 Å². The Hall–Kier alpha value is -0.570. The molecule has 5 nitrogen and oxygen atoms in total. The van der Waals surface area contributed by atoms with Gasteiger partial charge in [0.25, 0.3) is 0 Å². The maximum Gasteiger partial charge on any atom is 0.242 e. The molecular weight excluding hydrogens is 350 g/mol. The number of fused-ring (bicyclic) bond motifs is 1. The van der Waals surface area contributed by atoms with Gasteiger partial charge in [-0.05, 0) is 25.0 Å². The van der Waals surface area contributed by atoms with Gasteiger partial charge < -0.3 is 0 Å². The lowest BCUT2D eigenvalue weighted by Gasteiger charge is -2.08. The number of hydrogen-bond donors (Lipinski definition) is 1. The number of rotatable bonds is 7. The predicted octanol–water partition coefficient (Wildman–Crippen LogP) is 3.26. The SMILES string of the molecule is O=S(=O)(NCCCCCBr)c1cccc2c1N=S=N2. The Morgan fingerprint density at radius 2 is 2.05 bits per heavy atom. The molecular formula is C11H14BrN3O2S2. The monoisotopic (exact) mass is 363 g/mol. The van der Waals surface area contributed by atoms with Crippen molar-refractivity contribution >= 4 is 48.7 Å². The minimum Gasteiger partial charge on any atom is -0.211 e. The van der Waals surface area contributed by atoms with Crippen LogP contribution in [0.3, 0.4) is 0 Å². The Kier molecular flexibility index (Phi) is 5.26. The molecule has 0 aliphatic carbocycles. The summed E-state index contributed by atoms with van der Waals surface area (Å²) in [6.45, 7) is 0.448. The molecule has 0 atom stereocenters. The van der Waals surface area contributed by atoms with Gasteiger partial charge in [-0.15, -0.1) is 0 Å². The van der Waals surface area contributed by atoms with Crippen LogP contribution in [0.1, 0.15) is 19.3 Å². The topological polar surface area (TPSA) is 70.9 Å². The van der Waals surface area contributed by atoms with E-state index >= 15 is 0 Å². The quantitative estimate of drug-likeness (QED) is 0.605. The van der Waals surface area contributed by atoms with Gasteiger partial charge >= 0.3 is 0 Å². The fourth-order valence-corrected chi connectivity index (χ4v) is 3.91. The van der Waals surface area contributed by atoms with Gasteiger partial charge in [0.15, 0.2) is 0 Å². The predicted molar refractivity (Wildman–Crippen MR) is 80.8 cm³/mol. The first kappa shape index (κ1) is 14.8. The van der Waals surface area contributed by atoms with E-state index in [1.807, 2.05) is 0 Å². The van der Waals surface area contributed by atoms with Crippen LogP contribution in [-0.4, -0.2) is 20.3 Å². The van der Waals surface area contributed by atoms with Crippen LogP contribution in [0.25, 0.3) is 0 Å². The van der Waals surface area contributed by atoms with Gasteiger partial charge in [0.05, 0.1) is 11.4 Å². The zero-order valence-electron chi connectivity index (χ0n) is 10.2. The molecule has 104 valence electrons. The van der Waals surface area contributed by atoms with E-state index in [0.717, 1.165) is 35.9 Å². The molecule has 0 aromatic heterocycles. The number of alkyl halides is 1. The second-order valence-electron chi connectivity index (χ2n) is 4.04. The fraction of sp³-hybridized carbons (Fsp3) is 0.455. The zero-order valence-corrected chi connectivity index (χ0v) is 13.4. The summed E-state index contributed by atoms with van der Waals surface area (Å²) in [7, 11) is -3.50. The van der Waals surface area contributed by atoms with Crippen molar-refractivity contribution in [3.8, 4) is 0 Å². The van der Waals surface area contributed by atoms with Crippen molar-refractivity contribution in [2.24, 2.45) is 8.73 Å². The van der Waals surface area contributed by atoms with Crippen LogP contribution in [0.15, 0.2) is 31.8 Å². The Bertz CT molecular complexity index is 625. The second kappa shape index (κ2) is 6.74. The van der Waals surface area contributed by atoms with Crippen molar-refractivity contribution in [3.05, 3.63) is 18.2 Å². The molecule has 0 saturated heterocycles. The molecule has 19 heavy (non-hydrogen) atoms. The molecule has 0 saturated carbocycles. The maximum absolute atomic E-state index is 12.2. The largest absolute Gasteiger partial charge is 0.242 e. The molecule has 1 aliphatic rings. The van der Waals surface area contributed by atoms with Crippen molar-refractivity contribution in [2.75, 3.05) is 11.9 Å². The van der Waals surface area contributed by atoms with Gasteiger partial charge in [-0.1, -0.05) is 28.4 Å². The average molecular weight is 364 g/mol. The van der Waals surface area contributed by atoms with Gasteiger partial charge in [0.1, 0.15) is 16.3 Å². The van der Waals surface area contributed by atoms with Crippen LogP contribution in [0.4, 0.5) is 11.4 Å². The van der Waals surface area contributed by atoms with Crippen LogP contribution in [-0.2, 0) is 21.4 Å². The Balaban J connectivity index is 2.05. The first-order valence-corrected chi connectivity index (χ1v) is 9.25. The summed E-state index contributed by atoms with van der Waals surface area (Å²) in [5.41, 5.74) is 1.06. The van der Waals surface area contributed by atoms with Crippen LogP contribution in [0, 0.1) is 0 Å². The average Bonchev–Trinajstić information content (AvgIpc) is 2.86. The van der Waals surface area contributed by atoms with Crippen molar-refractivity contribution in [1.29, 1.82) is 0 Å². The highest BCUT2D eigenvalue weighted by Crippen LogP contribution is 2.37. The highest BCUT2D eigenvalue weighted by molar-refractivity contribution is 9.09. The first-order chi connectivity index (χ1) is 9.15. The van der Waals surface area contributed by atoms with E-state index in [1.54, 1.807) is 18.2 Å². The molecule has 1 heterocycles. The molecule has 1 N–H and O–H groups in total. The summed E-state index contributed by atoms with van der Waals surface area (Å²) >= 11 is 4.37. The molecule has 0 amide bonds. The molecule has 0 fully saturated rings. The van der Waals surface area contributed by atoms with Crippen molar-refractivity contribution in [2.45, 2.75) is 24.2 Å². The molecule has 0 radical (unpaired) electrons. The number of benzene rings is 1. The van der Waals surface area contributed by atoms with E-state index in [-0.39, 0.29) is 4.90 Å². The van der Waals surface area contributed by atoms with E-state index < -0.39 is 10.0 Å². The number of nitrogens with one attached hydrogen (secondary N) is 1. The lowest BCUT2D eigenvalue weighted by molar-refractivity contribution is 0.576. The lowest BCUT2D eigenvalue weighted by atomic mass is 10.3. The number of sulfonamides is 1. The van der Waals surface area contributed by atoms with Crippen LogP contribution in [0.2, 0.25) is 0 Å². The minimum absolute atomic E-state index is 0.208. The molecule has 1 aromatic rings. The van der Waals surface area contributed by atoms with E-state index in [4.69, 9.17) is 0 Å². The Morgan fingerprint density at radius 3 is 2.84 bits per heavy atom. The standard InChI is InChI=1S/C11H14BrN3O2S2/c12-7-2-1-3-8-13-19(16,17)10-6-4-5-9-11(10)15-18-14-9/h4-6,13H,1-3,7-8H2. The smallest absolute Gasteiger partial charge is 0.211 e. The Morgan fingerprint density at radius 1 is 1.21 bits per heavy atom. The van der Waals surface area contributed by atoms with Crippen LogP contribution >= 0.6 is 15.9 Å². The van der Waals surface area contributed by atoms with Crippen molar-refractivity contribution < 1.29 is 8.42 Å². The molecule has 0 bridgehead atoms. The van der Waals surface area contributed by atoms with E-state index in [0.29, 0.717) is 17.9 Å². The highest BCUT2D eigenvalue weighted by Gasteiger charge is 2.21. The summed E-state index contributed by atoms with van der Waals surface area (Å²) in [6, 6.07) is 5.00. The van der Waals surface area contributed by atoms with Crippen molar-refractivity contribution in [1.82, 2.24) is 4.72 Å².